The zero-order chi connectivity index (χ0) is 14.4. The monoisotopic (exact) mass is 272 g/mol. The van der Waals surface area contributed by atoms with Gasteiger partial charge in [-0.15, -0.1) is 0 Å². The summed E-state index contributed by atoms with van der Waals surface area (Å²) in [6, 6.07) is 9.76. The molecule has 1 heterocycles. The van der Waals surface area contributed by atoms with Crippen LogP contribution in [0, 0.1) is 0 Å². The van der Waals surface area contributed by atoms with Crippen molar-refractivity contribution in [2.45, 2.75) is 19.0 Å². The molecule has 20 heavy (non-hydrogen) atoms. The highest BCUT2D eigenvalue weighted by Gasteiger charge is 2.20. The first-order chi connectivity index (χ1) is 9.66. The number of likely N-dealkylation sites (N-methyl/N-ethyl adjacent to an activating group) is 1. The Hall–Kier alpha value is -2.14. The number of carbonyl (C=O) groups excluding carboxylic acids is 1. The van der Waals surface area contributed by atoms with Crippen LogP contribution in [-0.4, -0.2) is 40.9 Å². The Balaban J connectivity index is 2.02. The van der Waals surface area contributed by atoms with Crippen molar-refractivity contribution in [1.82, 2.24) is 20.2 Å². The van der Waals surface area contributed by atoms with Gasteiger partial charge in [0.2, 0.25) is 5.91 Å². The minimum Gasteiger partial charge on any atom is -0.348 e. The van der Waals surface area contributed by atoms with E-state index in [4.69, 9.17) is 0 Å². The van der Waals surface area contributed by atoms with Crippen LogP contribution in [-0.2, 0) is 17.8 Å². The highest BCUT2D eigenvalue weighted by atomic mass is 16.2. The minimum atomic E-state index is -0.252. The molecule has 1 atom stereocenters. The maximum absolute atomic E-state index is 12.2. The molecule has 5 heteroatoms. The molecule has 0 aliphatic heterocycles. The third-order valence-electron chi connectivity index (χ3n) is 3.09. The highest BCUT2D eigenvalue weighted by molar-refractivity contribution is 5.81. The van der Waals surface area contributed by atoms with Crippen LogP contribution in [0.15, 0.2) is 42.7 Å². The summed E-state index contributed by atoms with van der Waals surface area (Å²) in [7, 11) is 3.55. The average Bonchev–Trinajstić information content (AvgIpc) is 2.97. The Labute approximate surface area is 119 Å². The van der Waals surface area contributed by atoms with Gasteiger partial charge in [0.1, 0.15) is 5.82 Å². The fourth-order valence-corrected chi connectivity index (χ4v) is 2.02. The van der Waals surface area contributed by atoms with Gasteiger partial charge >= 0.3 is 0 Å². The molecule has 0 spiro atoms. The van der Waals surface area contributed by atoms with E-state index in [0.29, 0.717) is 13.0 Å². The average molecular weight is 272 g/mol. The number of nitrogens with one attached hydrogen (secondary N) is 2. The van der Waals surface area contributed by atoms with Crippen LogP contribution in [0.25, 0.3) is 0 Å². The third-order valence-corrected chi connectivity index (χ3v) is 3.09. The number of H-pyrrole nitrogens is 1. The predicted molar refractivity (Wildman–Crippen MR) is 78.1 cm³/mol. The van der Waals surface area contributed by atoms with Crippen LogP contribution in [0.3, 0.4) is 0 Å². The number of aromatic nitrogens is 2. The van der Waals surface area contributed by atoms with E-state index in [-0.39, 0.29) is 11.9 Å². The molecule has 0 saturated heterocycles. The van der Waals surface area contributed by atoms with E-state index in [1.807, 2.05) is 30.3 Å². The number of hydrogen-bond acceptors (Lipinski definition) is 3. The van der Waals surface area contributed by atoms with Crippen molar-refractivity contribution < 1.29 is 4.79 Å². The second-order valence-corrected chi connectivity index (χ2v) is 4.89. The second kappa shape index (κ2) is 6.86. The molecule has 1 amide bonds. The summed E-state index contributed by atoms with van der Waals surface area (Å²) in [6.45, 7) is 0.546. The summed E-state index contributed by atoms with van der Waals surface area (Å²) in [6.07, 6.45) is 4.15. The molecule has 0 radical (unpaired) electrons. The lowest BCUT2D eigenvalue weighted by Crippen LogP contribution is -2.44. The van der Waals surface area contributed by atoms with Gasteiger partial charge in [-0.25, -0.2) is 4.98 Å². The van der Waals surface area contributed by atoms with E-state index in [1.165, 1.54) is 0 Å². The van der Waals surface area contributed by atoms with Crippen molar-refractivity contribution in [2.75, 3.05) is 14.1 Å². The van der Waals surface area contributed by atoms with E-state index in [0.717, 1.165) is 11.4 Å². The van der Waals surface area contributed by atoms with Gasteiger partial charge in [0.15, 0.2) is 0 Å². The van der Waals surface area contributed by atoms with Crippen LogP contribution in [0.5, 0.6) is 0 Å². The fourth-order valence-electron chi connectivity index (χ4n) is 2.02. The van der Waals surface area contributed by atoms with E-state index in [9.17, 15) is 4.79 Å². The smallest absolute Gasteiger partial charge is 0.239 e. The summed E-state index contributed by atoms with van der Waals surface area (Å²) in [5, 5.41) is 3.27. The topological polar surface area (TPSA) is 61.0 Å². The molecule has 1 aromatic heterocycles. The van der Waals surface area contributed by atoms with Gasteiger partial charge in [-0.3, -0.25) is 10.1 Å². The zero-order valence-corrected chi connectivity index (χ0v) is 11.8. The summed E-state index contributed by atoms with van der Waals surface area (Å²) in [4.78, 5) is 21.0. The molecular weight excluding hydrogens is 252 g/mol. The van der Waals surface area contributed by atoms with E-state index in [2.05, 4.69) is 15.3 Å². The van der Waals surface area contributed by atoms with Crippen LogP contribution >= 0.6 is 0 Å². The van der Waals surface area contributed by atoms with Crippen molar-refractivity contribution >= 4 is 5.91 Å². The highest BCUT2D eigenvalue weighted by Crippen LogP contribution is 2.05. The molecule has 0 fully saturated rings. The van der Waals surface area contributed by atoms with Crippen molar-refractivity contribution in [3.05, 3.63) is 54.1 Å². The molecule has 0 saturated carbocycles. The van der Waals surface area contributed by atoms with Crippen LogP contribution in [0.1, 0.15) is 11.4 Å². The van der Waals surface area contributed by atoms with Gasteiger partial charge < -0.3 is 9.88 Å². The summed E-state index contributed by atoms with van der Waals surface area (Å²) in [5.41, 5.74) is 1.14. The Morgan fingerprint density at radius 3 is 2.70 bits per heavy atom. The van der Waals surface area contributed by atoms with Gasteiger partial charge in [-0.1, -0.05) is 30.3 Å². The van der Waals surface area contributed by atoms with Gasteiger partial charge in [0, 0.05) is 26.5 Å². The number of rotatable bonds is 6. The molecular formula is C15H20N4O. The van der Waals surface area contributed by atoms with Crippen LogP contribution in [0.2, 0.25) is 0 Å². The molecule has 5 nitrogen and oxygen atoms in total. The first-order valence-corrected chi connectivity index (χ1v) is 6.63. The first kappa shape index (κ1) is 14.3. The number of nitrogens with zero attached hydrogens (tertiary/aromatic N) is 2. The van der Waals surface area contributed by atoms with E-state index >= 15 is 0 Å². The SMILES string of the molecule is CN(C)C(=O)C(Cc1ccccc1)NCc1ncc[nH]1. The number of benzene rings is 1. The Bertz CT molecular complexity index is 522. The standard InChI is InChI=1S/C15H20N4O/c1-19(2)15(20)13(10-12-6-4-3-5-7-12)18-11-14-16-8-9-17-14/h3-9,13,18H,10-11H2,1-2H3,(H,16,17). The number of imidazole rings is 1. The van der Waals surface area contributed by atoms with Gasteiger partial charge in [-0.05, 0) is 12.0 Å². The molecule has 1 unspecified atom stereocenters. The first-order valence-electron chi connectivity index (χ1n) is 6.63. The minimum absolute atomic E-state index is 0.0698. The Kier molecular flexibility index (Phi) is 4.90. The van der Waals surface area contributed by atoms with Gasteiger partial charge in [0.25, 0.3) is 0 Å². The lowest BCUT2D eigenvalue weighted by atomic mass is 10.0. The molecule has 2 rings (SSSR count). The summed E-state index contributed by atoms with van der Waals surface area (Å²) < 4.78 is 0. The lowest BCUT2D eigenvalue weighted by molar-refractivity contribution is -0.130. The van der Waals surface area contributed by atoms with Crippen molar-refractivity contribution in [1.29, 1.82) is 0 Å². The molecule has 1 aromatic carbocycles. The Morgan fingerprint density at radius 1 is 1.35 bits per heavy atom. The largest absolute Gasteiger partial charge is 0.348 e. The quantitative estimate of drug-likeness (QED) is 0.830. The maximum Gasteiger partial charge on any atom is 0.239 e. The number of aromatic amines is 1. The molecule has 2 aromatic rings. The zero-order valence-electron chi connectivity index (χ0n) is 11.8. The van der Waals surface area contributed by atoms with Crippen molar-refractivity contribution in [3.63, 3.8) is 0 Å². The molecule has 0 aliphatic carbocycles. The van der Waals surface area contributed by atoms with Gasteiger partial charge in [0.05, 0.1) is 12.6 Å². The third kappa shape index (κ3) is 3.93. The fraction of sp³-hybridized carbons (Fsp3) is 0.333. The van der Waals surface area contributed by atoms with E-state index in [1.54, 1.807) is 31.4 Å². The molecule has 0 bridgehead atoms. The van der Waals surface area contributed by atoms with Crippen LogP contribution in [0.4, 0.5) is 0 Å². The van der Waals surface area contributed by atoms with Crippen molar-refractivity contribution in [2.24, 2.45) is 0 Å². The molecule has 0 aliphatic rings. The normalized spacial score (nSPS) is 12.1. The second-order valence-electron chi connectivity index (χ2n) is 4.89. The summed E-state index contributed by atoms with van der Waals surface area (Å²) >= 11 is 0. The van der Waals surface area contributed by atoms with E-state index < -0.39 is 0 Å². The lowest BCUT2D eigenvalue weighted by Gasteiger charge is -2.21. The number of amides is 1. The molecule has 106 valence electrons. The number of hydrogen-bond donors (Lipinski definition) is 2. The predicted octanol–water partition coefficient (Wildman–Crippen LogP) is 1.20. The van der Waals surface area contributed by atoms with Crippen molar-refractivity contribution in [3.8, 4) is 0 Å². The van der Waals surface area contributed by atoms with Crippen LogP contribution < -0.4 is 5.32 Å². The Morgan fingerprint density at radius 2 is 2.10 bits per heavy atom. The molecule has 2 N–H and O–H groups in total. The van der Waals surface area contributed by atoms with Gasteiger partial charge in [-0.2, -0.15) is 0 Å². The summed E-state index contributed by atoms with van der Waals surface area (Å²) in [5.74, 6) is 0.898. The maximum atomic E-state index is 12.2. The number of carbonyl (C=O) groups is 1.